The molecule has 0 atom stereocenters. The molecule has 7 heteroatoms. The fourth-order valence-electron chi connectivity index (χ4n) is 3.43. The van der Waals surface area contributed by atoms with Crippen molar-refractivity contribution in [1.82, 2.24) is 29.6 Å². The first-order chi connectivity index (χ1) is 12.2. The molecule has 1 aliphatic rings. The predicted molar refractivity (Wildman–Crippen MR) is 92.6 cm³/mol. The number of aromatic nitrogens is 5. The van der Waals surface area contributed by atoms with E-state index in [1.54, 1.807) is 17.3 Å². The van der Waals surface area contributed by atoms with Gasteiger partial charge in [-0.25, -0.2) is 14.6 Å². The van der Waals surface area contributed by atoms with Crippen LogP contribution in [-0.2, 0) is 0 Å². The number of H-pyrrole nitrogens is 1. The number of aryl methyl sites for hydroxylation is 1. The third-order valence-electron chi connectivity index (χ3n) is 4.87. The lowest BCUT2D eigenvalue weighted by atomic mass is 9.93. The van der Waals surface area contributed by atoms with E-state index in [0.717, 1.165) is 42.7 Å². The lowest BCUT2D eigenvalue weighted by Gasteiger charge is -2.32. The van der Waals surface area contributed by atoms with Gasteiger partial charge >= 0.3 is 0 Å². The van der Waals surface area contributed by atoms with Gasteiger partial charge in [0.15, 0.2) is 0 Å². The summed E-state index contributed by atoms with van der Waals surface area (Å²) < 4.78 is 1.69. The summed E-state index contributed by atoms with van der Waals surface area (Å²) >= 11 is 0. The summed E-state index contributed by atoms with van der Waals surface area (Å²) in [6.07, 6.45) is 8.67. The van der Waals surface area contributed by atoms with Gasteiger partial charge < -0.3 is 9.88 Å². The first kappa shape index (κ1) is 15.6. The van der Waals surface area contributed by atoms with Crippen LogP contribution in [0.5, 0.6) is 0 Å². The molecule has 0 saturated carbocycles. The van der Waals surface area contributed by atoms with E-state index in [1.807, 2.05) is 36.2 Å². The molecule has 1 saturated heterocycles. The number of rotatable bonds is 3. The van der Waals surface area contributed by atoms with Crippen LogP contribution in [0.3, 0.4) is 0 Å². The average Bonchev–Trinajstić information content (AvgIpc) is 3.35. The van der Waals surface area contributed by atoms with Crippen LogP contribution in [0.1, 0.15) is 40.4 Å². The van der Waals surface area contributed by atoms with E-state index in [-0.39, 0.29) is 5.91 Å². The number of benzene rings is 1. The summed E-state index contributed by atoms with van der Waals surface area (Å²) in [6.45, 7) is 3.50. The number of carbonyl (C=O) groups is 1. The van der Waals surface area contributed by atoms with Gasteiger partial charge in [-0.05, 0) is 43.5 Å². The SMILES string of the molecule is Cc1cc(-n2cncn2)ccc1C(=O)N1CCC(c2cnc[nH]2)CC1. The molecule has 0 aliphatic carbocycles. The smallest absolute Gasteiger partial charge is 0.254 e. The zero-order valence-electron chi connectivity index (χ0n) is 14.1. The zero-order valence-corrected chi connectivity index (χ0v) is 14.1. The van der Waals surface area contributed by atoms with Gasteiger partial charge in [-0.3, -0.25) is 4.79 Å². The second kappa shape index (κ2) is 6.51. The molecule has 3 aromatic rings. The topological polar surface area (TPSA) is 79.7 Å². The maximum absolute atomic E-state index is 12.9. The van der Waals surface area contributed by atoms with Crippen LogP contribution in [0.25, 0.3) is 5.69 Å². The van der Waals surface area contributed by atoms with E-state index in [9.17, 15) is 4.79 Å². The van der Waals surface area contributed by atoms with Gasteiger partial charge in [-0.2, -0.15) is 5.10 Å². The van der Waals surface area contributed by atoms with E-state index in [0.29, 0.717) is 5.92 Å². The number of aromatic amines is 1. The molecule has 0 radical (unpaired) electrons. The maximum Gasteiger partial charge on any atom is 0.254 e. The average molecular weight is 336 g/mol. The van der Waals surface area contributed by atoms with Crippen molar-refractivity contribution in [1.29, 1.82) is 0 Å². The Labute approximate surface area is 145 Å². The molecule has 1 aliphatic heterocycles. The van der Waals surface area contributed by atoms with Crippen molar-refractivity contribution in [2.24, 2.45) is 0 Å². The summed E-state index contributed by atoms with van der Waals surface area (Å²) in [4.78, 5) is 26.1. The predicted octanol–water partition coefficient (Wildman–Crippen LogP) is 2.32. The van der Waals surface area contributed by atoms with Gasteiger partial charge in [-0.1, -0.05) is 0 Å². The molecular weight excluding hydrogens is 316 g/mol. The Bertz CT molecular complexity index is 848. The summed E-state index contributed by atoms with van der Waals surface area (Å²) in [5.41, 5.74) is 3.78. The number of hydrogen-bond donors (Lipinski definition) is 1. The normalized spacial score (nSPS) is 15.5. The monoisotopic (exact) mass is 336 g/mol. The molecule has 0 unspecified atom stereocenters. The van der Waals surface area contributed by atoms with Crippen LogP contribution in [0, 0.1) is 6.92 Å². The minimum atomic E-state index is 0.103. The number of piperidine rings is 1. The number of imidazole rings is 1. The van der Waals surface area contributed by atoms with Crippen molar-refractivity contribution >= 4 is 5.91 Å². The molecule has 2 aromatic heterocycles. The number of amides is 1. The van der Waals surface area contributed by atoms with Gasteiger partial charge in [0.2, 0.25) is 0 Å². The Balaban J connectivity index is 1.46. The van der Waals surface area contributed by atoms with E-state index in [1.165, 1.54) is 12.0 Å². The van der Waals surface area contributed by atoms with Gasteiger partial charge in [0.05, 0.1) is 12.0 Å². The molecule has 7 nitrogen and oxygen atoms in total. The molecular formula is C18H20N6O. The molecule has 3 heterocycles. The Morgan fingerprint density at radius 2 is 2.08 bits per heavy atom. The van der Waals surface area contributed by atoms with Gasteiger partial charge in [0, 0.05) is 36.5 Å². The van der Waals surface area contributed by atoms with Gasteiger partial charge in [0.1, 0.15) is 12.7 Å². The lowest BCUT2D eigenvalue weighted by molar-refractivity contribution is 0.0711. The van der Waals surface area contributed by atoms with Crippen molar-refractivity contribution in [2.75, 3.05) is 13.1 Å². The van der Waals surface area contributed by atoms with Crippen LogP contribution in [0.2, 0.25) is 0 Å². The van der Waals surface area contributed by atoms with Crippen LogP contribution < -0.4 is 0 Å². The molecule has 0 spiro atoms. The fourth-order valence-corrected chi connectivity index (χ4v) is 3.43. The minimum absolute atomic E-state index is 0.103. The van der Waals surface area contributed by atoms with Gasteiger partial charge in [-0.15, -0.1) is 0 Å². The fraction of sp³-hybridized carbons (Fsp3) is 0.333. The third-order valence-corrected chi connectivity index (χ3v) is 4.87. The molecule has 0 bridgehead atoms. The minimum Gasteiger partial charge on any atom is -0.348 e. The van der Waals surface area contributed by atoms with E-state index in [2.05, 4.69) is 20.1 Å². The Hall–Kier alpha value is -2.96. The van der Waals surface area contributed by atoms with Crippen molar-refractivity contribution in [3.8, 4) is 5.69 Å². The molecule has 4 rings (SSSR count). The highest BCUT2D eigenvalue weighted by Crippen LogP contribution is 2.27. The number of nitrogens with zero attached hydrogens (tertiary/aromatic N) is 5. The Morgan fingerprint density at radius 1 is 1.24 bits per heavy atom. The van der Waals surface area contributed by atoms with E-state index < -0.39 is 0 Å². The standard InChI is InChI=1S/C18H20N6O/c1-13-8-15(24-12-20-11-22-24)2-3-16(13)18(25)23-6-4-14(5-7-23)17-9-19-10-21-17/h2-3,8-12,14H,4-7H2,1H3,(H,19,21). The number of nitrogens with one attached hydrogen (secondary N) is 1. The number of hydrogen-bond acceptors (Lipinski definition) is 4. The summed E-state index contributed by atoms with van der Waals surface area (Å²) in [6, 6.07) is 5.77. The molecule has 1 aromatic carbocycles. The van der Waals surface area contributed by atoms with Crippen molar-refractivity contribution in [2.45, 2.75) is 25.7 Å². The number of likely N-dealkylation sites (tertiary alicyclic amines) is 1. The van der Waals surface area contributed by atoms with Crippen LogP contribution in [0.15, 0.2) is 43.4 Å². The molecule has 25 heavy (non-hydrogen) atoms. The third kappa shape index (κ3) is 3.05. The van der Waals surface area contributed by atoms with Gasteiger partial charge in [0.25, 0.3) is 5.91 Å². The molecule has 1 fully saturated rings. The first-order valence-corrected chi connectivity index (χ1v) is 8.45. The maximum atomic E-state index is 12.9. The summed E-state index contributed by atoms with van der Waals surface area (Å²) in [5.74, 6) is 0.563. The highest BCUT2D eigenvalue weighted by atomic mass is 16.2. The molecule has 1 amide bonds. The highest BCUT2D eigenvalue weighted by molar-refractivity contribution is 5.96. The summed E-state index contributed by atoms with van der Waals surface area (Å²) in [7, 11) is 0. The lowest BCUT2D eigenvalue weighted by Crippen LogP contribution is -2.38. The Kier molecular flexibility index (Phi) is 4.05. The largest absolute Gasteiger partial charge is 0.348 e. The first-order valence-electron chi connectivity index (χ1n) is 8.45. The van der Waals surface area contributed by atoms with Crippen LogP contribution >= 0.6 is 0 Å². The Morgan fingerprint density at radius 3 is 2.72 bits per heavy atom. The molecule has 128 valence electrons. The second-order valence-electron chi connectivity index (χ2n) is 6.41. The van der Waals surface area contributed by atoms with Crippen LogP contribution in [0.4, 0.5) is 0 Å². The second-order valence-corrected chi connectivity index (χ2v) is 6.41. The summed E-state index contributed by atoms with van der Waals surface area (Å²) in [5, 5.41) is 4.13. The van der Waals surface area contributed by atoms with Crippen LogP contribution in [-0.4, -0.2) is 48.6 Å². The highest BCUT2D eigenvalue weighted by Gasteiger charge is 2.26. The van der Waals surface area contributed by atoms with Crippen molar-refractivity contribution in [3.63, 3.8) is 0 Å². The van der Waals surface area contributed by atoms with Crippen molar-refractivity contribution in [3.05, 3.63) is 60.2 Å². The van der Waals surface area contributed by atoms with E-state index >= 15 is 0 Å². The van der Waals surface area contributed by atoms with E-state index in [4.69, 9.17) is 0 Å². The van der Waals surface area contributed by atoms with Crippen molar-refractivity contribution < 1.29 is 4.79 Å². The molecule has 1 N–H and O–H groups in total. The zero-order chi connectivity index (χ0) is 17.2. The quantitative estimate of drug-likeness (QED) is 0.796. The number of carbonyl (C=O) groups excluding carboxylic acids is 1.